The number of halogens is 1. The monoisotopic (exact) mass is 403 g/mol. The van der Waals surface area contributed by atoms with E-state index in [-0.39, 0.29) is 24.2 Å². The highest BCUT2D eigenvalue weighted by Gasteiger charge is 2.19. The molecular formula is C21H22ClNO5. The number of ketones is 1. The molecule has 0 saturated carbocycles. The normalized spacial score (nSPS) is 12.4. The zero-order valence-electron chi connectivity index (χ0n) is 15.7. The number of carbonyl (C=O) groups excluding carboxylic acids is 2. The van der Waals surface area contributed by atoms with Gasteiger partial charge in [0, 0.05) is 18.2 Å². The molecule has 0 spiro atoms. The van der Waals surface area contributed by atoms with Gasteiger partial charge in [0.1, 0.15) is 31.5 Å². The van der Waals surface area contributed by atoms with Gasteiger partial charge in [-0.3, -0.25) is 9.59 Å². The van der Waals surface area contributed by atoms with Crippen LogP contribution < -0.4 is 19.1 Å². The van der Waals surface area contributed by atoms with Crippen LogP contribution in [0.3, 0.4) is 0 Å². The summed E-state index contributed by atoms with van der Waals surface area (Å²) in [5.74, 6) is 1.58. The maximum atomic E-state index is 12.4. The number of hydrogen-bond donors (Lipinski definition) is 0. The van der Waals surface area contributed by atoms with Crippen molar-refractivity contribution in [3.05, 3.63) is 48.0 Å². The lowest BCUT2D eigenvalue weighted by molar-refractivity contribution is -0.120. The van der Waals surface area contributed by atoms with Crippen molar-refractivity contribution in [2.24, 2.45) is 0 Å². The van der Waals surface area contributed by atoms with Crippen molar-refractivity contribution in [3.8, 4) is 17.2 Å². The number of nitrogens with zero attached hydrogens (tertiary/aromatic N) is 1. The lowest BCUT2D eigenvalue weighted by Crippen LogP contribution is -2.31. The lowest BCUT2D eigenvalue weighted by Gasteiger charge is -2.25. The van der Waals surface area contributed by atoms with Crippen LogP contribution in [-0.2, 0) is 16.1 Å². The second-order valence-corrected chi connectivity index (χ2v) is 6.53. The highest BCUT2D eigenvalue weighted by molar-refractivity contribution is 6.29. The molecule has 1 amide bonds. The number of rotatable bonds is 8. The summed E-state index contributed by atoms with van der Waals surface area (Å²) in [6.07, 6.45) is 0.448. The van der Waals surface area contributed by atoms with Gasteiger partial charge in [-0.25, -0.2) is 0 Å². The van der Waals surface area contributed by atoms with Crippen LogP contribution in [0.1, 0.15) is 18.9 Å². The molecule has 0 N–H and O–H groups in total. The molecule has 2 aromatic carbocycles. The van der Waals surface area contributed by atoms with Crippen LogP contribution in [0.15, 0.2) is 42.5 Å². The van der Waals surface area contributed by atoms with E-state index in [4.69, 9.17) is 25.8 Å². The molecule has 0 aromatic heterocycles. The van der Waals surface area contributed by atoms with Crippen LogP contribution in [0, 0.1) is 0 Å². The standard InChI is InChI=1S/C21H22ClNO5/c1-2-17(24)14-28-18-6-3-15(4-7-18)13-23(21(25)12-22)16-5-8-19-20(11-16)27-10-9-26-19/h3-8,11H,2,9-10,12-14H2,1H3. The van der Waals surface area contributed by atoms with Gasteiger partial charge in [-0.05, 0) is 29.8 Å². The number of amides is 1. The first-order valence-electron chi connectivity index (χ1n) is 9.10. The Kier molecular flexibility index (Phi) is 6.76. The summed E-state index contributed by atoms with van der Waals surface area (Å²) in [4.78, 5) is 25.4. The number of alkyl halides is 1. The molecule has 3 rings (SSSR count). The Balaban J connectivity index is 1.74. The molecule has 0 aliphatic carbocycles. The zero-order chi connectivity index (χ0) is 19.9. The van der Waals surface area contributed by atoms with Gasteiger partial charge >= 0.3 is 0 Å². The topological polar surface area (TPSA) is 65.1 Å². The number of fused-ring (bicyclic) bond motifs is 1. The van der Waals surface area contributed by atoms with E-state index in [0.717, 1.165) is 5.56 Å². The Labute approximate surface area is 168 Å². The zero-order valence-corrected chi connectivity index (χ0v) is 16.4. The van der Waals surface area contributed by atoms with Gasteiger partial charge in [0.15, 0.2) is 17.3 Å². The van der Waals surface area contributed by atoms with E-state index in [1.807, 2.05) is 18.2 Å². The van der Waals surface area contributed by atoms with E-state index in [1.165, 1.54) is 0 Å². The minimum Gasteiger partial charge on any atom is -0.486 e. The Morgan fingerprint density at radius 3 is 2.46 bits per heavy atom. The fourth-order valence-corrected chi connectivity index (χ4v) is 2.88. The van der Waals surface area contributed by atoms with Gasteiger partial charge in [-0.1, -0.05) is 19.1 Å². The van der Waals surface area contributed by atoms with E-state index in [2.05, 4.69) is 0 Å². The van der Waals surface area contributed by atoms with E-state index < -0.39 is 0 Å². The van der Waals surface area contributed by atoms with Crippen LogP contribution in [0.25, 0.3) is 0 Å². The summed E-state index contributed by atoms with van der Waals surface area (Å²) < 4.78 is 16.6. The number of ether oxygens (including phenoxy) is 3. The molecule has 0 unspecified atom stereocenters. The average Bonchev–Trinajstić information content (AvgIpc) is 2.75. The second-order valence-electron chi connectivity index (χ2n) is 6.27. The van der Waals surface area contributed by atoms with Crippen LogP contribution in [0.4, 0.5) is 5.69 Å². The third-order valence-electron chi connectivity index (χ3n) is 4.31. The van der Waals surface area contributed by atoms with E-state index >= 15 is 0 Å². The molecule has 28 heavy (non-hydrogen) atoms. The number of anilines is 1. The van der Waals surface area contributed by atoms with E-state index in [9.17, 15) is 9.59 Å². The SMILES string of the molecule is CCC(=O)COc1ccc(CN(C(=O)CCl)c2ccc3c(c2)OCCO3)cc1. The Morgan fingerprint density at radius 2 is 1.79 bits per heavy atom. The molecule has 2 aromatic rings. The quantitative estimate of drug-likeness (QED) is 0.630. The van der Waals surface area contributed by atoms with Crippen LogP contribution >= 0.6 is 11.6 Å². The summed E-state index contributed by atoms with van der Waals surface area (Å²) in [5.41, 5.74) is 1.59. The maximum Gasteiger partial charge on any atom is 0.242 e. The first kappa shape index (κ1) is 20.0. The van der Waals surface area contributed by atoms with E-state index in [1.54, 1.807) is 36.1 Å². The summed E-state index contributed by atoms with van der Waals surface area (Å²) in [6, 6.07) is 12.7. The summed E-state index contributed by atoms with van der Waals surface area (Å²) in [5, 5.41) is 0. The molecule has 1 aliphatic rings. The fraction of sp³-hybridized carbons (Fsp3) is 0.333. The molecule has 1 heterocycles. The molecular weight excluding hydrogens is 382 g/mol. The number of benzene rings is 2. The van der Waals surface area contributed by atoms with Crippen molar-refractivity contribution in [1.29, 1.82) is 0 Å². The van der Waals surface area contributed by atoms with Gasteiger partial charge in [-0.15, -0.1) is 11.6 Å². The fourth-order valence-electron chi connectivity index (χ4n) is 2.74. The first-order chi connectivity index (χ1) is 13.6. The lowest BCUT2D eigenvalue weighted by atomic mass is 10.1. The smallest absolute Gasteiger partial charge is 0.242 e. The van der Waals surface area contributed by atoms with Gasteiger partial charge in [0.2, 0.25) is 5.91 Å². The van der Waals surface area contributed by atoms with Crippen molar-refractivity contribution in [1.82, 2.24) is 0 Å². The highest BCUT2D eigenvalue weighted by Crippen LogP contribution is 2.34. The van der Waals surface area contributed by atoms with Gasteiger partial charge in [-0.2, -0.15) is 0 Å². The van der Waals surface area contributed by atoms with Crippen molar-refractivity contribution in [3.63, 3.8) is 0 Å². The van der Waals surface area contributed by atoms with E-state index in [0.29, 0.717) is 49.1 Å². The predicted octanol–water partition coefficient (Wildman–Crippen LogP) is 3.59. The molecule has 7 heteroatoms. The molecule has 0 radical (unpaired) electrons. The molecule has 0 atom stereocenters. The summed E-state index contributed by atoms with van der Waals surface area (Å²) in [7, 11) is 0. The maximum absolute atomic E-state index is 12.4. The van der Waals surface area contributed by atoms with Gasteiger partial charge in [0.05, 0.1) is 6.54 Å². The minimum atomic E-state index is -0.216. The first-order valence-corrected chi connectivity index (χ1v) is 9.63. The molecule has 6 nitrogen and oxygen atoms in total. The molecule has 1 aliphatic heterocycles. The van der Waals surface area contributed by atoms with Crippen molar-refractivity contribution in [2.45, 2.75) is 19.9 Å². The van der Waals surface area contributed by atoms with Crippen molar-refractivity contribution in [2.75, 3.05) is 30.6 Å². The summed E-state index contributed by atoms with van der Waals surface area (Å²) >= 11 is 5.82. The number of carbonyl (C=O) groups is 2. The second kappa shape index (κ2) is 9.46. The molecule has 0 bridgehead atoms. The Morgan fingerprint density at radius 1 is 1.07 bits per heavy atom. The van der Waals surface area contributed by atoms with Crippen LogP contribution in [0.5, 0.6) is 17.2 Å². The highest BCUT2D eigenvalue weighted by atomic mass is 35.5. The summed E-state index contributed by atoms with van der Waals surface area (Å²) in [6.45, 7) is 3.19. The number of Topliss-reactive ketones (excluding diaryl/α,β-unsaturated/α-hetero) is 1. The molecule has 148 valence electrons. The molecule has 0 fully saturated rings. The number of hydrogen-bond acceptors (Lipinski definition) is 5. The van der Waals surface area contributed by atoms with Gasteiger partial charge < -0.3 is 19.1 Å². The Hall–Kier alpha value is -2.73. The third kappa shape index (κ3) is 4.95. The average molecular weight is 404 g/mol. The van der Waals surface area contributed by atoms with Crippen molar-refractivity contribution >= 4 is 29.0 Å². The van der Waals surface area contributed by atoms with Crippen LogP contribution in [0.2, 0.25) is 0 Å². The third-order valence-corrected chi connectivity index (χ3v) is 4.54. The predicted molar refractivity (Wildman–Crippen MR) is 107 cm³/mol. The largest absolute Gasteiger partial charge is 0.486 e. The Bertz CT molecular complexity index is 837. The van der Waals surface area contributed by atoms with Crippen molar-refractivity contribution < 1.29 is 23.8 Å². The van der Waals surface area contributed by atoms with Gasteiger partial charge in [0.25, 0.3) is 0 Å². The minimum absolute atomic E-state index is 0.0431. The molecule has 0 saturated heterocycles. The van der Waals surface area contributed by atoms with Crippen LogP contribution in [-0.4, -0.2) is 37.4 Å².